The number of esters is 1. The molecule has 1 heterocycles. The predicted octanol–water partition coefficient (Wildman–Crippen LogP) is 4.31. The zero-order valence-electron chi connectivity index (χ0n) is 11.9. The smallest absolute Gasteiger partial charge is 0.363 e. The van der Waals surface area contributed by atoms with Gasteiger partial charge in [0.2, 0.25) is 5.90 Å². The van der Waals surface area contributed by atoms with Gasteiger partial charge >= 0.3 is 5.97 Å². The van der Waals surface area contributed by atoms with Gasteiger partial charge in [-0.05, 0) is 68.9 Å². The Kier molecular flexibility index (Phi) is 4.76. The largest absolute Gasteiger partial charge is 0.402 e. The van der Waals surface area contributed by atoms with Crippen LogP contribution < -0.4 is 0 Å². The van der Waals surface area contributed by atoms with Crippen LogP contribution in [0.5, 0.6) is 0 Å². The first kappa shape index (κ1) is 16.8. The molecule has 0 aliphatic carbocycles. The maximum absolute atomic E-state index is 12.0. The molecule has 1 aliphatic rings. The molecular formula is C16H8BrIN2O4. The van der Waals surface area contributed by atoms with E-state index in [0.29, 0.717) is 11.1 Å². The third-order valence-corrected chi connectivity index (χ3v) is 5.55. The van der Waals surface area contributed by atoms with E-state index in [9.17, 15) is 14.9 Å². The van der Waals surface area contributed by atoms with Gasteiger partial charge in [0, 0.05) is 19.7 Å². The van der Waals surface area contributed by atoms with E-state index in [1.165, 1.54) is 12.1 Å². The van der Waals surface area contributed by atoms with Crippen LogP contribution in [0.3, 0.4) is 0 Å². The van der Waals surface area contributed by atoms with Gasteiger partial charge in [0.1, 0.15) is 0 Å². The first-order valence-corrected chi connectivity index (χ1v) is 8.54. The average molecular weight is 499 g/mol. The van der Waals surface area contributed by atoms with Crippen LogP contribution in [0, 0.1) is 13.7 Å². The minimum atomic E-state index is -0.641. The van der Waals surface area contributed by atoms with E-state index in [0.717, 1.165) is 8.04 Å². The number of rotatable bonds is 3. The lowest BCUT2D eigenvalue weighted by Gasteiger charge is -2.01. The number of benzene rings is 2. The molecule has 8 heteroatoms. The van der Waals surface area contributed by atoms with Crippen molar-refractivity contribution < 1.29 is 14.5 Å². The highest BCUT2D eigenvalue weighted by Gasteiger charge is 2.25. The topological polar surface area (TPSA) is 81.8 Å². The van der Waals surface area contributed by atoms with E-state index in [-0.39, 0.29) is 17.3 Å². The van der Waals surface area contributed by atoms with Gasteiger partial charge in [-0.2, -0.15) is 0 Å². The summed E-state index contributed by atoms with van der Waals surface area (Å²) in [5, 5.41) is 11.1. The van der Waals surface area contributed by atoms with Crippen LogP contribution in [-0.2, 0) is 9.53 Å². The van der Waals surface area contributed by atoms with Gasteiger partial charge in [0.25, 0.3) is 5.69 Å². The third-order valence-electron chi connectivity index (χ3n) is 3.21. The molecule has 0 fully saturated rings. The molecule has 120 valence electrons. The Labute approximate surface area is 158 Å². The van der Waals surface area contributed by atoms with Crippen molar-refractivity contribution in [1.82, 2.24) is 0 Å². The number of halogens is 2. The van der Waals surface area contributed by atoms with Crippen molar-refractivity contribution in [2.75, 3.05) is 0 Å². The highest BCUT2D eigenvalue weighted by atomic mass is 127. The Morgan fingerprint density at radius 1 is 1.25 bits per heavy atom. The molecule has 24 heavy (non-hydrogen) atoms. The molecule has 0 saturated carbocycles. The maximum Gasteiger partial charge on any atom is 0.363 e. The van der Waals surface area contributed by atoms with Crippen molar-refractivity contribution >= 4 is 62.2 Å². The monoisotopic (exact) mass is 498 g/mol. The molecule has 0 atom stereocenters. The lowest BCUT2D eigenvalue weighted by molar-refractivity contribution is -0.385. The van der Waals surface area contributed by atoms with Crippen molar-refractivity contribution in [3.8, 4) is 0 Å². The SMILES string of the molecule is O=C1OC(c2ccc(I)c(Br)c2)=N/C1=C\c1ccccc1[N+](=O)[O-]. The van der Waals surface area contributed by atoms with Crippen molar-refractivity contribution in [3.05, 3.63) is 77.4 Å². The Bertz CT molecular complexity index is 924. The highest BCUT2D eigenvalue weighted by molar-refractivity contribution is 14.1. The van der Waals surface area contributed by atoms with Crippen molar-refractivity contribution in [3.63, 3.8) is 0 Å². The second-order valence-electron chi connectivity index (χ2n) is 4.78. The number of nitrogens with zero attached hydrogens (tertiary/aromatic N) is 2. The van der Waals surface area contributed by atoms with E-state index in [4.69, 9.17) is 4.74 Å². The van der Waals surface area contributed by atoms with Crippen molar-refractivity contribution in [1.29, 1.82) is 0 Å². The van der Waals surface area contributed by atoms with E-state index < -0.39 is 10.9 Å². The molecule has 1 aliphatic heterocycles. The lowest BCUT2D eigenvalue weighted by Crippen LogP contribution is -2.05. The summed E-state index contributed by atoms with van der Waals surface area (Å²) in [5.41, 5.74) is 0.859. The molecular weight excluding hydrogens is 491 g/mol. The Morgan fingerprint density at radius 2 is 2.00 bits per heavy atom. The van der Waals surface area contributed by atoms with Crippen LogP contribution in [0.2, 0.25) is 0 Å². The molecule has 0 N–H and O–H groups in total. The molecule has 6 nitrogen and oxygen atoms in total. The molecule has 0 radical (unpaired) electrons. The highest BCUT2D eigenvalue weighted by Crippen LogP contribution is 2.26. The number of ether oxygens (including phenoxy) is 1. The van der Waals surface area contributed by atoms with Gasteiger partial charge in [0.05, 0.1) is 10.5 Å². The number of nitro benzene ring substituents is 1. The quantitative estimate of drug-likeness (QED) is 0.207. The molecule has 0 amide bonds. The van der Waals surface area contributed by atoms with E-state index >= 15 is 0 Å². The average Bonchev–Trinajstić information content (AvgIpc) is 2.91. The fourth-order valence-corrected chi connectivity index (χ4v) is 2.80. The first-order chi connectivity index (χ1) is 11.5. The molecule has 0 bridgehead atoms. The number of para-hydroxylation sites is 1. The van der Waals surface area contributed by atoms with Gasteiger partial charge in [0.15, 0.2) is 5.70 Å². The number of cyclic esters (lactones) is 1. The number of nitro groups is 1. The van der Waals surface area contributed by atoms with Gasteiger partial charge in [-0.15, -0.1) is 0 Å². The summed E-state index contributed by atoms with van der Waals surface area (Å²) < 4.78 is 7.05. The number of carbonyl (C=O) groups is 1. The molecule has 0 unspecified atom stereocenters. The summed E-state index contributed by atoms with van der Waals surface area (Å²) in [6.45, 7) is 0. The summed E-state index contributed by atoms with van der Waals surface area (Å²) in [5.74, 6) is -0.472. The molecule has 3 rings (SSSR count). The van der Waals surface area contributed by atoms with Gasteiger partial charge in [-0.25, -0.2) is 9.79 Å². The van der Waals surface area contributed by atoms with E-state index in [1.807, 2.05) is 6.07 Å². The van der Waals surface area contributed by atoms with E-state index in [2.05, 4.69) is 43.5 Å². The predicted molar refractivity (Wildman–Crippen MR) is 101 cm³/mol. The van der Waals surface area contributed by atoms with Crippen molar-refractivity contribution in [2.24, 2.45) is 4.99 Å². The second-order valence-corrected chi connectivity index (χ2v) is 6.80. The fraction of sp³-hybridized carbons (Fsp3) is 0. The summed E-state index contributed by atoms with van der Waals surface area (Å²) in [4.78, 5) is 26.7. The van der Waals surface area contributed by atoms with Crippen molar-refractivity contribution in [2.45, 2.75) is 0 Å². The number of carbonyl (C=O) groups excluding carboxylic acids is 1. The maximum atomic E-state index is 12.0. The van der Waals surface area contributed by atoms with Crippen LogP contribution >= 0.6 is 38.5 Å². The van der Waals surface area contributed by atoms with Crippen LogP contribution in [0.15, 0.2) is 57.6 Å². The summed E-state index contributed by atoms with van der Waals surface area (Å²) in [6, 6.07) is 11.6. The van der Waals surface area contributed by atoms with Crippen LogP contribution in [0.1, 0.15) is 11.1 Å². The van der Waals surface area contributed by atoms with Gasteiger partial charge < -0.3 is 4.74 Å². The number of hydrogen-bond donors (Lipinski definition) is 0. The van der Waals surface area contributed by atoms with Crippen LogP contribution in [-0.4, -0.2) is 16.8 Å². The fourth-order valence-electron chi connectivity index (χ4n) is 2.08. The molecule has 0 spiro atoms. The Hall–Kier alpha value is -2.07. The van der Waals surface area contributed by atoms with E-state index in [1.54, 1.807) is 30.3 Å². The van der Waals surface area contributed by atoms with Gasteiger partial charge in [-0.3, -0.25) is 10.1 Å². The lowest BCUT2D eigenvalue weighted by atomic mass is 10.1. The molecule has 0 saturated heterocycles. The number of hydrogen-bond acceptors (Lipinski definition) is 5. The Balaban J connectivity index is 2.00. The summed E-state index contributed by atoms with van der Waals surface area (Å²) in [6.07, 6.45) is 1.36. The van der Waals surface area contributed by atoms with Crippen LogP contribution in [0.25, 0.3) is 6.08 Å². The molecule has 2 aromatic rings. The minimum Gasteiger partial charge on any atom is -0.402 e. The number of aliphatic imine (C=N–C) groups is 1. The molecule has 2 aromatic carbocycles. The summed E-state index contributed by atoms with van der Waals surface area (Å²) >= 11 is 5.58. The third kappa shape index (κ3) is 3.39. The normalized spacial score (nSPS) is 15.3. The van der Waals surface area contributed by atoms with Gasteiger partial charge in [-0.1, -0.05) is 12.1 Å². The molecule has 0 aromatic heterocycles. The zero-order chi connectivity index (χ0) is 17.3. The summed E-state index contributed by atoms with van der Waals surface area (Å²) in [7, 11) is 0. The minimum absolute atomic E-state index is 0.0222. The standard InChI is InChI=1S/C16H8BrIN2O4/c17-11-7-10(5-6-12(11)18)15-19-13(16(21)24-15)8-9-3-1-2-4-14(9)20(22)23/h1-8H/b13-8-. The zero-order valence-corrected chi connectivity index (χ0v) is 15.6. The second kappa shape index (κ2) is 6.81. The van der Waals surface area contributed by atoms with Crippen LogP contribution in [0.4, 0.5) is 5.69 Å². The Morgan fingerprint density at radius 3 is 2.71 bits per heavy atom. The first-order valence-electron chi connectivity index (χ1n) is 6.67.